The second-order valence-electron chi connectivity index (χ2n) is 5.25. The lowest BCUT2D eigenvalue weighted by Gasteiger charge is -2.23. The van der Waals surface area contributed by atoms with Crippen molar-refractivity contribution < 1.29 is 4.79 Å². The number of amides is 1. The van der Waals surface area contributed by atoms with Crippen LogP contribution in [0.2, 0.25) is 0 Å². The summed E-state index contributed by atoms with van der Waals surface area (Å²) in [6, 6.07) is 8.49. The largest absolute Gasteiger partial charge is 0.349 e. The Kier molecular flexibility index (Phi) is 4.37. The fourth-order valence-electron chi connectivity index (χ4n) is 2.43. The highest BCUT2D eigenvalue weighted by Crippen LogP contribution is 2.24. The van der Waals surface area contributed by atoms with Gasteiger partial charge in [-0.05, 0) is 36.4 Å². The van der Waals surface area contributed by atoms with Gasteiger partial charge in [-0.1, -0.05) is 24.3 Å². The fourth-order valence-corrected chi connectivity index (χ4v) is 2.43. The van der Waals surface area contributed by atoms with Crippen molar-refractivity contribution in [1.82, 2.24) is 10.2 Å². The van der Waals surface area contributed by atoms with Crippen molar-refractivity contribution in [2.24, 2.45) is 0 Å². The van der Waals surface area contributed by atoms with Gasteiger partial charge < -0.3 is 10.2 Å². The summed E-state index contributed by atoms with van der Waals surface area (Å²) in [5.41, 5.74) is 2.49. The SMILES string of the molecule is CN(C)C(=O)Cc1cccc(C2CCCNC2)c1. The summed E-state index contributed by atoms with van der Waals surface area (Å²) in [6.07, 6.45) is 2.99. The summed E-state index contributed by atoms with van der Waals surface area (Å²) in [5, 5.41) is 3.44. The lowest BCUT2D eigenvalue weighted by molar-refractivity contribution is -0.127. The van der Waals surface area contributed by atoms with Gasteiger partial charge >= 0.3 is 0 Å². The molecule has 18 heavy (non-hydrogen) atoms. The lowest BCUT2D eigenvalue weighted by Crippen LogP contribution is -2.28. The van der Waals surface area contributed by atoms with Crippen LogP contribution >= 0.6 is 0 Å². The Hall–Kier alpha value is -1.35. The van der Waals surface area contributed by atoms with E-state index >= 15 is 0 Å². The highest BCUT2D eigenvalue weighted by molar-refractivity contribution is 5.78. The lowest BCUT2D eigenvalue weighted by atomic mass is 9.90. The predicted molar refractivity (Wildman–Crippen MR) is 73.7 cm³/mol. The van der Waals surface area contributed by atoms with E-state index in [9.17, 15) is 4.79 Å². The maximum atomic E-state index is 11.7. The molecule has 1 fully saturated rings. The van der Waals surface area contributed by atoms with Gasteiger partial charge in [-0.2, -0.15) is 0 Å². The summed E-state index contributed by atoms with van der Waals surface area (Å²) in [5.74, 6) is 0.766. The van der Waals surface area contributed by atoms with Gasteiger partial charge in [0.1, 0.15) is 0 Å². The van der Waals surface area contributed by atoms with Crippen LogP contribution in [-0.4, -0.2) is 38.0 Å². The van der Waals surface area contributed by atoms with Crippen molar-refractivity contribution in [3.63, 3.8) is 0 Å². The molecule has 1 atom stereocenters. The minimum atomic E-state index is 0.161. The molecule has 0 saturated carbocycles. The first-order valence-corrected chi connectivity index (χ1v) is 6.66. The smallest absolute Gasteiger partial charge is 0.226 e. The molecular weight excluding hydrogens is 224 g/mol. The quantitative estimate of drug-likeness (QED) is 0.882. The van der Waals surface area contributed by atoms with Gasteiger partial charge in [0.2, 0.25) is 5.91 Å². The molecular formula is C15H22N2O. The molecule has 2 rings (SSSR count). The molecule has 0 spiro atoms. The van der Waals surface area contributed by atoms with E-state index in [1.807, 2.05) is 6.07 Å². The second-order valence-corrected chi connectivity index (χ2v) is 5.25. The van der Waals surface area contributed by atoms with E-state index < -0.39 is 0 Å². The van der Waals surface area contributed by atoms with E-state index in [1.54, 1.807) is 19.0 Å². The third-order valence-electron chi connectivity index (χ3n) is 3.57. The molecule has 3 nitrogen and oxygen atoms in total. The van der Waals surface area contributed by atoms with Crippen molar-refractivity contribution in [1.29, 1.82) is 0 Å². The number of benzene rings is 1. The summed E-state index contributed by atoms with van der Waals surface area (Å²) in [7, 11) is 3.61. The third-order valence-corrected chi connectivity index (χ3v) is 3.57. The van der Waals surface area contributed by atoms with Crippen LogP contribution in [0.15, 0.2) is 24.3 Å². The number of piperidine rings is 1. The fraction of sp³-hybridized carbons (Fsp3) is 0.533. The van der Waals surface area contributed by atoms with Crippen LogP contribution in [0.5, 0.6) is 0 Å². The number of likely N-dealkylation sites (N-methyl/N-ethyl adjacent to an activating group) is 1. The van der Waals surface area contributed by atoms with Crippen LogP contribution in [0.1, 0.15) is 29.9 Å². The van der Waals surface area contributed by atoms with Crippen LogP contribution in [0, 0.1) is 0 Å². The second kappa shape index (κ2) is 6.01. The third kappa shape index (κ3) is 3.33. The van der Waals surface area contributed by atoms with Crippen LogP contribution in [0.4, 0.5) is 0 Å². The summed E-state index contributed by atoms with van der Waals surface area (Å²) < 4.78 is 0. The number of nitrogens with zero attached hydrogens (tertiary/aromatic N) is 1. The van der Waals surface area contributed by atoms with Gasteiger partial charge in [-0.25, -0.2) is 0 Å². The molecule has 3 heteroatoms. The molecule has 0 radical (unpaired) electrons. The number of hydrogen-bond acceptors (Lipinski definition) is 2. The highest BCUT2D eigenvalue weighted by Gasteiger charge is 2.15. The average molecular weight is 246 g/mol. The Morgan fingerprint density at radius 1 is 1.44 bits per heavy atom. The Balaban J connectivity index is 2.07. The van der Waals surface area contributed by atoms with Crippen LogP contribution < -0.4 is 5.32 Å². The molecule has 1 aromatic rings. The van der Waals surface area contributed by atoms with Crippen molar-refractivity contribution in [2.75, 3.05) is 27.2 Å². The predicted octanol–water partition coefficient (Wildman–Crippen LogP) is 1.78. The van der Waals surface area contributed by atoms with Crippen LogP contribution in [0.25, 0.3) is 0 Å². The summed E-state index contributed by atoms with van der Waals surface area (Å²) in [4.78, 5) is 13.4. The maximum Gasteiger partial charge on any atom is 0.226 e. The molecule has 1 amide bonds. The number of nitrogens with one attached hydrogen (secondary N) is 1. The normalized spacial score (nSPS) is 19.6. The van der Waals surface area contributed by atoms with E-state index in [0.29, 0.717) is 12.3 Å². The molecule has 0 aromatic heterocycles. The molecule has 1 aliphatic heterocycles. The number of carbonyl (C=O) groups excluding carboxylic acids is 1. The molecule has 1 aromatic carbocycles. The van der Waals surface area contributed by atoms with E-state index in [2.05, 4.69) is 23.5 Å². The Morgan fingerprint density at radius 3 is 2.94 bits per heavy atom. The number of rotatable bonds is 3. The van der Waals surface area contributed by atoms with E-state index in [-0.39, 0.29) is 5.91 Å². The standard InChI is InChI=1S/C15H22N2O/c1-17(2)15(18)10-12-5-3-6-13(9-12)14-7-4-8-16-11-14/h3,5-6,9,14,16H,4,7-8,10-11H2,1-2H3. The maximum absolute atomic E-state index is 11.7. The van der Waals surface area contributed by atoms with Crippen molar-refractivity contribution in [2.45, 2.75) is 25.2 Å². The van der Waals surface area contributed by atoms with Crippen molar-refractivity contribution in [3.05, 3.63) is 35.4 Å². The van der Waals surface area contributed by atoms with Crippen molar-refractivity contribution in [3.8, 4) is 0 Å². The Bertz CT molecular complexity index is 409. The highest BCUT2D eigenvalue weighted by atomic mass is 16.2. The molecule has 1 aliphatic rings. The van der Waals surface area contributed by atoms with Gasteiger partial charge in [0.05, 0.1) is 6.42 Å². The summed E-state index contributed by atoms with van der Waals surface area (Å²) >= 11 is 0. The first kappa shape index (κ1) is 13.1. The zero-order chi connectivity index (χ0) is 13.0. The van der Waals surface area contributed by atoms with Gasteiger partial charge in [0, 0.05) is 20.6 Å². The van der Waals surface area contributed by atoms with E-state index in [0.717, 1.165) is 18.7 Å². The van der Waals surface area contributed by atoms with Crippen LogP contribution in [0.3, 0.4) is 0 Å². The molecule has 98 valence electrons. The molecule has 1 N–H and O–H groups in total. The van der Waals surface area contributed by atoms with Crippen molar-refractivity contribution >= 4 is 5.91 Å². The first-order chi connectivity index (χ1) is 8.66. The van der Waals surface area contributed by atoms with E-state index in [1.165, 1.54) is 18.4 Å². The molecule has 1 saturated heterocycles. The van der Waals surface area contributed by atoms with E-state index in [4.69, 9.17) is 0 Å². The monoisotopic (exact) mass is 246 g/mol. The zero-order valence-electron chi connectivity index (χ0n) is 11.3. The molecule has 0 aliphatic carbocycles. The topological polar surface area (TPSA) is 32.3 Å². The van der Waals surface area contributed by atoms with Gasteiger partial charge in [0.15, 0.2) is 0 Å². The van der Waals surface area contributed by atoms with Crippen LogP contribution in [-0.2, 0) is 11.2 Å². The summed E-state index contributed by atoms with van der Waals surface area (Å²) in [6.45, 7) is 2.19. The first-order valence-electron chi connectivity index (χ1n) is 6.66. The number of carbonyl (C=O) groups is 1. The Labute approximate surface area is 109 Å². The van der Waals surface area contributed by atoms with Gasteiger partial charge in [-0.15, -0.1) is 0 Å². The van der Waals surface area contributed by atoms with Gasteiger partial charge in [-0.3, -0.25) is 4.79 Å². The molecule has 1 heterocycles. The average Bonchev–Trinajstić information content (AvgIpc) is 2.40. The number of hydrogen-bond donors (Lipinski definition) is 1. The molecule has 0 bridgehead atoms. The minimum absolute atomic E-state index is 0.161. The zero-order valence-corrected chi connectivity index (χ0v) is 11.3. The minimum Gasteiger partial charge on any atom is -0.349 e. The Morgan fingerprint density at radius 2 is 2.28 bits per heavy atom. The molecule has 1 unspecified atom stereocenters. The van der Waals surface area contributed by atoms with Gasteiger partial charge in [0.25, 0.3) is 0 Å².